The highest BCUT2D eigenvalue weighted by atomic mass is 35.5. The number of benzene rings is 4. The van der Waals surface area contributed by atoms with Crippen LogP contribution in [0.3, 0.4) is 0 Å². The van der Waals surface area contributed by atoms with E-state index in [-0.39, 0.29) is 23.7 Å². The number of carbonyl (C=O) groups is 1. The van der Waals surface area contributed by atoms with E-state index in [1.54, 1.807) is 54.6 Å². The minimum atomic E-state index is -0.332. The maximum atomic E-state index is 12.9. The summed E-state index contributed by atoms with van der Waals surface area (Å²) in [5, 5.41) is 3.64. The van der Waals surface area contributed by atoms with Gasteiger partial charge in [-0.2, -0.15) is 0 Å². The first-order chi connectivity index (χ1) is 17.5. The van der Waals surface area contributed by atoms with Crippen molar-refractivity contribution in [3.63, 3.8) is 0 Å². The molecule has 0 atom stereocenters. The molecule has 4 aromatic carbocycles. The molecule has 6 nitrogen and oxygen atoms in total. The summed E-state index contributed by atoms with van der Waals surface area (Å²) < 4.78 is 17.0. The zero-order chi connectivity index (χ0) is 24.9. The first kappa shape index (κ1) is 23.2. The van der Waals surface area contributed by atoms with Crippen molar-refractivity contribution in [2.75, 3.05) is 11.9 Å². The first-order valence-electron chi connectivity index (χ1n) is 11.1. The SMILES string of the molecule is O=C(COc1ccc2c(=O)c(Oc3ccc(-c4ccccc4)cc3)coc2c1)Nc1ccc(Cl)cc1. The third-order valence-corrected chi connectivity index (χ3v) is 5.65. The second-order valence-corrected chi connectivity index (χ2v) is 8.36. The number of carbonyl (C=O) groups excluding carboxylic acids is 1. The quantitative estimate of drug-likeness (QED) is 0.264. The number of nitrogens with one attached hydrogen (secondary N) is 1. The number of hydrogen-bond donors (Lipinski definition) is 1. The number of fused-ring (bicyclic) bond motifs is 1. The van der Waals surface area contributed by atoms with Crippen molar-refractivity contribution in [2.24, 2.45) is 0 Å². The highest BCUT2D eigenvalue weighted by Gasteiger charge is 2.11. The van der Waals surface area contributed by atoms with Gasteiger partial charge in [-0.1, -0.05) is 54.1 Å². The van der Waals surface area contributed by atoms with Gasteiger partial charge in [-0.3, -0.25) is 9.59 Å². The molecule has 0 unspecified atom stereocenters. The van der Waals surface area contributed by atoms with E-state index in [0.717, 1.165) is 11.1 Å². The molecule has 7 heteroatoms. The summed E-state index contributed by atoms with van der Waals surface area (Å²) in [5.74, 6) is 0.655. The van der Waals surface area contributed by atoms with Crippen LogP contribution in [0.15, 0.2) is 113 Å². The Hall–Kier alpha value is -4.55. The fourth-order valence-corrected chi connectivity index (χ4v) is 3.73. The Bertz CT molecular complexity index is 1560. The summed E-state index contributed by atoms with van der Waals surface area (Å²) >= 11 is 5.85. The van der Waals surface area contributed by atoms with Gasteiger partial charge in [0.1, 0.15) is 23.3 Å². The maximum Gasteiger partial charge on any atom is 0.262 e. The van der Waals surface area contributed by atoms with Gasteiger partial charge in [-0.15, -0.1) is 0 Å². The van der Waals surface area contributed by atoms with Gasteiger partial charge < -0.3 is 19.2 Å². The molecule has 1 N–H and O–H groups in total. The molecule has 5 rings (SSSR count). The number of hydrogen-bond acceptors (Lipinski definition) is 5. The zero-order valence-electron chi connectivity index (χ0n) is 18.9. The van der Waals surface area contributed by atoms with Gasteiger partial charge in [0.05, 0.1) is 5.39 Å². The van der Waals surface area contributed by atoms with E-state index in [2.05, 4.69) is 5.32 Å². The Morgan fingerprint density at radius 2 is 1.53 bits per heavy atom. The van der Waals surface area contributed by atoms with E-state index in [1.807, 2.05) is 42.5 Å². The average Bonchev–Trinajstić information content (AvgIpc) is 2.91. The lowest BCUT2D eigenvalue weighted by molar-refractivity contribution is -0.118. The molecule has 0 radical (unpaired) electrons. The fourth-order valence-electron chi connectivity index (χ4n) is 3.60. The van der Waals surface area contributed by atoms with Crippen molar-refractivity contribution < 1.29 is 18.7 Å². The number of halogens is 1. The second-order valence-electron chi connectivity index (χ2n) is 7.92. The summed E-state index contributed by atoms with van der Waals surface area (Å²) in [6, 6.07) is 28.9. The van der Waals surface area contributed by atoms with Crippen LogP contribution in [0, 0.1) is 0 Å². The van der Waals surface area contributed by atoms with E-state index >= 15 is 0 Å². The number of amides is 1. The van der Waals surface area contributed by atoms with Crippen LogP contribution in [0.2, 0.25) is 5.02 Å². The molecule has 0 aliphatic heterocycles. The monoisotopic (exact) mass is 497 g/mol. The lowest BCUT2D eigenvalue weighted by Crippen LogP contribution is -2.20. The Kier molecular flexibility index (Phi) is 6.69. The average molecular weight is 498 g/mol. The minimum absolute atomic E-state index is 0.0750. The van der Waals surface area contributed by atoms with Crippen molar-refractivity contribution in [3.8, 4) is 28.4 Å². The van der Waals surface area contributed by atoms with Crippen LogP contribution in [-0.4, -0.2) is 12.5 Å². The van der Waals surface area contributed by atoms with Crippen LogP contribution in [0.5, 0.6) is 17.2 Å². The number of rotatable bonds is 7. The molecule has 178 valence electrons. The lowest BCUT2D eigenvalue weighted by atomic mass is 10.1. The smallest absolute Gasteiger partial charge is 0.262 e. The predicted molar refractivity (Wildman–Crippen MR) is 140 cm³/mol. The normalized spacial score (nSPS) is 10.7. The standard InChI is InChI=1S/C29H20ClNO5/c30-21-8-10-22(11-9-21)31-28(32)18-34-24-14-15-25-26(16-24)35-17-27(29(25)33)36-23-12-6-20(7-13-23)19-4-2-1-3-5-19/h1-17H,18H2,(H,31,32). The molecule has 36 heavy (non-hydrogen) atoms. The van der Waals surface area contributed by atoms with Crippen molar-refractivity contribution in [1.29, 1.82) is 0 Å². The highest BCUT2D eigenvalue weighted by Crippen LogP contribution is 2.26. The predicted octanol–water partition coefficient (Wildman–Crippen LogP) is 6.92. The first-order valence-corrected chi connectivity index (χ1v) is 11.5. The Morgan fingerprint density at radius 3 is 2.28 bits per heavy atom. The molecule has 0 saturated heterocycles. The molecule has 5 aromatic rings. The van der Waals surface area contributed by atoms with E-state index in [1.165, 1.54) is 6.26 Å². The molecule has 0 spiro atoms. The van der Waals surface area contributed by atoms with Crippen molar-refractivity contribution in [2.45, 2.75) is 0 Å². The molecule has 1 heterocycles. The maximum absolute atomic E-state index is 12.9. The van der Waals surface area contributed by atoms with Gasteiger partial charge in [0.15, 0.2) is 6.61 Å². The Labute approximate surface area is 211 Å². The fraction of sp³-hybridized carbons (Fsp3) is 0.0345. The van der Waals surface area contributed by atoms with Crippen molar-refractivity contribution in [3.05, 3.63) is 119 Å². The van der Waals surface area contributed by atoms with Crippen LogP contribution in [-0.2, 0) is 4.79 Å². The second kappa shape index (κ2) is 10.4. The van der Waals surface area contributed by atoms with Gasteiger partial charge in [0.2, 0.25) is 11.2 Å². The van der Waals surface area contributed by atoms with Gasteiger partial charge in [-0.25, -0.2) is 0 Å². The summed E-state index contributed by atoms with van der Waals surface area (Å²) in [6.07, 6.45) is 1.27. The van der Waals surface area contributed by atoms with Gasteiger partial charge >= 0.3 is 0 Å². The molecule has 0 saturated carbocycles. The molecule has 1 amide bonds. The van der Waals surface area contributed by atoms with E-state index < -0.39 is 0 Å². The van der Waals surface area contributed by atoms with Crippen LogP contribution in [0.25, 0.3) is 22.1 Å². The van der Waals surface area contributed by atoms with Crippen molar-refractivity contribution >= 4 is 34.2 Å². The van der Waals surface area contributed by atoms with Crippen LogP contribution >= 0.6 is 11.6 Å². The number of ether oxygens (including phenoxy) is 2. The van der Waals surface area contributed by atoms with E-state index in [9.17, 15) is 9.59 Å². The third kappa shape index (κ3) is 5.40. The Morgan fingerprint density at radius 1 is 0.833 bits per heavy atom. The minimum Gasteiger partial charge on any atom is -0.484 e. The molecule has 0 bridgehead atoms. The zero-order valence-corrected chi connectivity index (χ0v) is 19.7. The topological polar surface area (TPSA) is 77.8 Å². The molecule has 0 fully saturated rings. The molecule has 0 aliphatic rings. The molecule has 1 aromatic heterocycles. The van der Waals surface area contributed by atoms with Gasteiger partial charge in [0, 0.05) is 16.8 Å². The van der Waals surface area contributed by atoms with E-state index in [4.69, 9.17) is 25.5 Å². The lowest BCUT2D eigenvalue weighted by Gasteiger charge is -2.09. The molecular weight excluding hydrogens is 478 g/mol. The third-order valence-electron chi connectivity index (χ3n) is 5.40. The van der Waals surface area contributed by atoms with Gasteiger partial charge in [0.25, 0.3) is 5.91 Å². The van der Waals surface area contributed by atoms with Crippen LogP contribution in [0.1, 0.15) is 0 Å². The number of anilines is 1. The molecule has 0 aliphatic carbocycles. The largest absolute Gasteiger partial charge is 0.484 e. The molecular formula is C29H20ClNO5. The van der Waals surface area contributed by atoms with Crippen molar-refractivity contribution in [1.82, 2.24) is 0 Å². The summed E-state index contributed by atoms with van der Waals surface area (Å²) in [5.41, 5.74) is 2.76. The summed E-state index contributed by atoms with van der Waals surface area (Å²) in [6.45, 7) is -0.210. The van der Waals surface area contributed by atoms with Gasteiger partial charge in [-0.05, 0) is 59.7 Å². The highest BCUT2D eigenvalue weighted by molar-refractivity contribution is 6.30. The Balaban J connectivity index is 1.25. The summed E-state index contributed by atoms with van der Waals surface area (Å²) in [7, 11) is 0. The summed E-state index contributed by atoms with van der Waals surface area (Å²) in [4.78, 5) is 25.1. The van der Waals surface area contributed by atoms with E-state index in [0.29, 0.717) is 33.2 Å². The van der Waals surface area contributed by atoms with Crippen LogP contribution < -0.4 is 20.2 Å². The van der Waals surface area contributed by atoms with Crippen LogP contribution in [0.4, 0.5) is 5.69 Å².